The fourth-order valence-corrected chi connectivity index (χ4v) is 12.8. The molecule has 1 aromatic heterocycles. The van der Waals surface area contributed by atoms with Gasteiger partial charge in [-0.15, -0.1) is 0 Å². The van der Waals surface area contributed by atoms with Gasteiger partial charge in [0, 0.05) is 50.0 Å². The van der Waals surface area contributed by atoms with E-state index in [1.807, 2.05) is 17.0 Å². The molecule has 10 nitrogen and oxygen atoms in total. The number of ether oxygens (including phenoxy) is 2. The van der Waals surface area contributed by atoms with E-state index < -0.39 is 40.3 Å². The number of aromatic amines is 1. The van der Waals surface area contributed by atoms with E-state index in [2.05, 4.69) is 9.88 Å². The van der Waals surface area contributed by atoms with Gasteiger partial charge in [0.2, 0.25) is 5.91 Å². The molecule has 0 unspecified atom stereocenters. The Kier molecular flexibility index (Phi) is 4.53. The van der Waals surface area contributed by atoms with Gasteiger partial charge in [0.05, 0.1) is 33.9 Å². The zero-order valence-corrected chi connectivity index (χ0v) is 26.9. The highest BCUT2D eigenvalue weighted by molar-refractivity contribution is 5.76. The molecule has 3 aromatic rings. The molecule has 0 radical (unpaired) electrons. The molecule has 9 aliphatic rings. The first-order valence-corrected chi connectivity index (χ1v) is 17.8. The summed E-state index contributed by atoms with van der Waals surface area (Å²) in [5, 5.41) is 49.0. The number of fused-ring (bicyclic) bond motifs is 5. The molecule has 2 spiro atoms. The molecule has 4 bridgehead atoms. The summed E-state index contributed by atoms with van der Waals surface area (Å²) in [5.74, 6) is 1.71. The Bertz CT molecular complexity index is 2060. The summed E-state index contributed by atoms with van der Waals surface area (Å²) in [4.78, 5) is 21.3. The predicted octanol–water partition coefficient (Wildman–Crippen LogP) is 2.96. The number of phenolic OH excluding ortho intramolecular Hbond substituents is 2. The van der Waals surface area contributed by atoms with Gasteiger partial charge in [0.25, 0.3) is 0 Å². The number of amides is 1. The third kappa shape index (κ3) is 2.64. The summed E-state index contributed by atoms with van der Waals surface area (Å²) >= 11 is 0. The summed E-state index contributed by atoms with van der Waals surface area (Å²) in [6, 6.07) is 6.80. The van der Waals surface area contributed by atoms with Crippen molar-refractivity contribution in [3.8, 4) is 23.0 Å². The molecule has 1 amide bonds. The summed E-state index contributed by atoms with van der Waals surface area (Å²) < 4.78 is 13.7. The van der Waals surface area contributed by atoms with E-state index in [1.165, 1.54) is 12.8 Å². The first-order chi connectivity index (χ1) is 23.1. The highest BCUT2D eigenvalue weighted by atomic mass is 16.5. The normalized spacial score (nSPS) is 39.9. The van der Waals surface area contributed by atoms with Crippen LogP contribution in [0.3, 0.4) is 0 Å². The highest BCUT2D eigenvalue weighted by Gasteiger charge is 2.76. The number of carbonyl (C=O) groups excluding carboxylic acids is 1. The molecule has 10 heteroatoms. The van der Waals surface area contributed by atoms with Gasteiger partial charge in [-0.3, -0.25) is 9.69 Å². The number of hydrogen-bond donors (Lipinski definition) is 5. The van der Waals surface area contributed by atoms with Crippen LogP contribution in [-0.4, -0.2) is 84.0 Å². The Labute approximate surface area is 277 Å². The highest BCUT2D eigenvalue weighted by Crippen LogP contribution is 2.72. The number of benzene rings is 2. The molecule has 3 fully saturated rings. The topological polar surface area (TPSA) is 139 Å². The average Bonchev–Trinajstić information content (AvgIpc) is 3.54. The van der Waals surface area contributed by atoms with Crippen LogP contribution in [0.2, 0.25) is 0 Å². The zero-order chi connectivity index (χ0) is 32.3. The SMILES string of the molecule is CC(=O)N1CC[C@]23c4c5ccc(O)c4O[C@H]2c2[nH]c4c(c2C[C@@]3(O)[C@@H]1C5)C[C@@]1(O)[C@H]2Cc3ccc(O)c5c3[C@@]1(CCN2CC1CC1)[C@H]4O5. The van der Waals surface area contributed by atoms with E-state index in [-0.39, 0.29) is 23.4 Å². The lowest BCUT2D eigenvalue weighted by molar-refractivity contribution is -0.181. The van der Waals surface area contributed by atoms with Crippen LogP contribution in [0, 0.1) is 5.92 Å². The van der Waals surface area contributed by atoms with Crippen LogP contribution in [-0.2, 0) is 41.3 Å². The Hall–Kier alpha value is -3.73. The second kappa shape index (κ2) is 8.01. The van der Waals surface area contributed by atoms with Crippen molar-refractivity contribution in [2.75, 3.05) is 19.6 Å². The minimum Gasteiger partial charge on any atom is -0.504 e. The van der Waals surface area contributed by atoms with Gasteiger partial charge in [0.15, 0.2) is 35.2 Å². The number of piperidine rings is 2. The zero-order valence-electron chi connectivity index (χ0n) is 26.9. The number of rotatable bonds is 2. The maximum Gasteiger partial charge on any atom is 0.219 e. The minimum atomic E-state index is -1.35. The van der Waals surface area contributed by atoms with Crippen LogP contribution in [0.5, 0.6) is 23.0 Å². The van der Waals surface area contributed by atoms with Crippen molar-refractivity contribution in [2.24, 2.45) is 5.92 Å². The van der Waals surface area contributed by atoms with Crippen LogP contribution in [0.25, 0.3) is 0 Å². The maximum absolute atomic E-state index is 13.4. The van der Waals surface area contributed by atoms with Gasteiger partial charge in [-0.05, 0) is 85.4 Å². The second-order valence-corrected chi connectivity index (χ2v) is 16.5. The van der Waals surface area contributed by atoms with Gasteiger partial charge in [-0.1, -0.05) is 12.1 Å². The maximum atomic E-state index is 13.4. The standard InChI is InChI=1S/C38H39N3O7/c1-17(42)41-11-9-36-28-20-5-7-24(44)32(28)48-34(36)30-22(15-38(36,46)26(41)13-20)21-14-37(45)25-12-19-4-6-23(43)31-27(19)35(37,33(47-31)29(21)39-30)8-10-40(25)16-18-2-3-18/h4-7,18,25-26,33-34,39,43-46H,2-3,8-16H2,1H3/t25-,26+,33+,34+,35+,36+,37-,38-/m1/s1. The molecule has 248 valence electrons. The van der Waals surface area contributed by atoms with Crippen molar-refractivity contribution in [1.29, 1.82) is 0 Å². The number of aromatic hydroxyl groups is 2. The lowest BCUT2D eigenvalue weighted by Crippen LogP contribution is -2.75. The van der Waals surface area contributed by atoms with Crippen LogP contribution in [0.15, 0.2) is 24.3 Å². The number of aromatic nitrogens is 1. The Balaban J connectivity index is 1.10. The van der Waals surface area contributed by atoms with Crippen LogP contribution in [0.4, 0.5) is 0 Å². The van der Waals surface area contributed by atoms with E-state index in [9.17, 15) is 25.2 Å². The van der Waals surface area contributed by atoms with E-state index in [4.69, 9.17) is 9.47 Å². The van der Waals surface area contributed by atoms with Gasteiger partial charge >= 0.3 is 0 Å². The smallest absolute Gasteiger partial charge is 0.219 e. The number of phenols is 2. The number of likely N-dealkylation sites (tertiary alicyclic amines) is 2. The van der Waals surface area contributed by atoms with Crippen molar-refractivity contribution in [3.05, 3.63) is 69.0 Å². The van der Waals surface area contributed by atoms with Crippen LogP contribution < -0.4 is 9.47 Å². The van der Waals surface area contributed by atoms with E-state index in [0.29, 0.717) is 56.1 Å². The van der Waals surface area contributed by atoms with Crippen molar-refractivity contribution in [3.63, 3.8) is 0 Å². The summed E-state index contributed by atoms with van der Waals surface area (Å²) in [6.07, 6.45) is 4.42. The second-order valence-electron chi connectivity index (χ2n) is 16.5. The first-order valence-electron chi connectivity index (χ1n) is 17.8. The molecule has 48 heavy (non-hydrogen) atoms. The minimum absolute atomic E-state index is 0.0575. The Morgan fingerprint density at radius 2 is 1.38 bits per heavy atom. The van der Waals surface area contributed by atoms with Crippen molar-refractivity contribution < 1.29 is 34.7 Å². The van der Waals surface area contributed by atoms with Crippen molar-refractivity contribution >= 4 is 5.91 Å². The van der Waals surface area contributed by atoms with Gasteiger partial charge < -0.3 is 39.8 Å². The van der Waals surface area contributed by atoms with Gasteiger partial charge in [-0.2, -0.15) is 0 Å². The number of hydrogen-bond acceptors (Lipinski definition) is 8. The van der Waals surface area contributed by atoms with E-state index in [1.54, 1.807) is 19.1 Å². The molecule has 5 heterocycles. The summed E-state index contributed by atoms with van der Waals surface area (Å²) in [6.45, 7) is 3.92. The fourth-order valence-electron chi connectivity index (χ4n) is 12.8. The Morgan fingerprint density at radius 1 is 0.833 bits per heavy atom. The molecular weight excluding hydrogens is 610 g/mol. The van der Waals surface area contributed by atoms with Gasteiger partial charge in [-0.25, -0.2) is 0 Å². The summed E-state index contributed by atoms with van der Waals surface area (Å²) in [7, 11) is 0. The molecule has 2 saturated heterocycles. The molecule has 5 N–H and O–H groups in total. The summed E-state index contributed by atoms with van der Waals surface area (Å²) in [5.41, 5.74) is 3.58. The van der Waals surface area contributed by atoms with Crippen molar-refractivity contribution in [1.82, 2.24) is 14.8 Å². The monoisotopic (exact) mass is 649 g/mol. The molecule has 12 rings (SSSR count). The quantitative estimate of drug-likeness (QED) is 0.286. The number of nitrogens with one attached hydrogen (secondary N) is 1. The molecule has 4 aliphatic heterocycles. The third-order valence-corrected chi connectivity index (χ3v) is 14.8. The molecule has 2 aromatic carbocycles. The largest absolute Gasteiger partial charge is 0.504 e. The number of H-pyrrole nitrogens is 1. The first kappa shape index (κ1) is 27.1. The Morgan fingerprint density at radius 3 is 1.94 bits per heavy atom. The molecular formula is C38H39N3O7. The predicted molar refractivity (Wildman–Crippen MR) is 170 cm³/mol. The van der Waals surface area contributed by atoms with Gasteiger partial charge in [0.1, 0.15) is 5.60 Å². The lowest BCUT2D eigenvalue weighted by atomic mass is 9.47. The molecule has 8 atom stereocenters. The third-order valence-electron chi connectivity index (χ3n) is 14.8. The molecule has 1 saturated carbocycles. The fraction of sp³-hybridized carbons (Fsp3) is 0.553. The number of aliphatic hydroxyl groups is 2. The van der Waals surface area contributed by atoms with Crippen molar-refractivity contribution in [2.45, 2.75) is 105 Å². The number of nitrogens with zero attached hydrogens (tertiary/aromatic N) is 2. The average molecular weight is 650 g/mol. The lowest BCUT2D eigenvalue weighted by Gasteiger charge is -2.63. The number of carbonyl (C=O) groups is 1. The van der Waals surface area contributed by atoms with E-state index >= 15 is 0 Å². The van der Waals surface area contributed by atoms with Crippen LogP contribution >= 0.6 is 0 Å². The van der Waals surface area contributed by atoms with Crippen LogP contribution in [0.1, 0.15) is 89.6 Å². The molecule has 5 aliphatic carbocycles. The van der Waals surface area contributed by atoms with E-state index in [0.717, 1.165) is 64.3 Å².